The Kier molecular flexibility index (Phi) is 3.73. The highest BCUT2D eigenvalue weighted by Crippen LogP contribution is 2.16. The Balaban J connectivity index is 1.99. The molecule has 1 saturated heterocycles. The van der Waals surface area contributed by atoms with Gasteiger partial charge in [0.2, 0.25) is 0 Å². The molecular formula is C10H18N4OS. The molecule has 0 radical (unpaired) electrons. The van der Waals surface area contributed by atoms with Crippen molar-refractivity contribution in [3.63, 3.8) is 0 Å². The zero-order chi connectivity index (χ0) is 11.5. The van der Waals surface area contributed by atoms with Gasteiger partial charge in [-0.1, -0.05) is 0 Å². The first-order chi connectivity index (χ1) is 7.70. The van der Waals surface area contributed by atoms with E-state index in [1.54, 1.807) is 6.33 Å². The van der Waals surface area contributed by atoms with E-state index in [9.17, 15) is 0 Å². The Morgan fingerprint density at radius 2 is 2.44 bits per heavy atom. The Labute approximate surface area is 100 Å². The summed E-state index contributed by atoms with van der Waals surface area (Å²) in [6.07, 6.45) is 4.00. The van der Waals surface area contributed by atoms with Crippen molar-refractivity contribution in [1.82, 2.24) is 19.2 Å². The second-order valence-corrected chi connectivity index (χ2v) is 4.80. The van der Waals surface area contributed by atoms with E-state index in [-0.39, 0.29) is 6.61 Å². The van der Waals surface area contributed by atoms with E-state index in [0.717, 1.165) is 37.4 Å². The van der Waals surface area contributed by atoms with Crippen molar-refractivity contribution in [2.75, 3.05) is 19.7 Å². The lowest BCUT2D eigenvalue weighted by molar-refractivity contribution is 0.0938. The summed E-state index contributed by atoms with van der Waals surface area (Å²) in [5.74, 6) is 0.409. The lowest BCUT2D eigenvalue weighted by Gasteiger charge is -2.31. The van der Waals surface area contributed by atoms with Gasteiger partial charge in [-0.3, -0.25) is 4.90 Å². The van der Waals surface area contributed by atoms with E-state index in [0.29, 0.717) is 5.92 Å². The van der Waals surface area contributed by atoms with Gasteiger partial charge in [-0.05, 0) is 37.5 Å². The van der Waals surface area contributed by atoms with Crippen LogP contribution in [0.15, 0.2) is 6.33 Å². The van der Waals surface area contributed by atoms with Gasteiger partial charge in [0.1, 0.15) is 6.33 Å². The van der Waals surface area contributed by atoms with Crippen molar-refractivity contribution in [1.29, 1.82) is 0 Å². The zero-order valence-electron chi connectivity index (χ0n) is 9.54. The molecule has 0 unspecified atom stereocenters. The highest BCUT2D eigenvalue weighted by molar-refractivity contribution is 7.71. The molecule has 0 aliphatic carbocycles. The first-order valence-corrected chi connectivity index (χ1v) is 6.03. The molecule has 16 heavy (non-hydrogen) atoms. The molecule has 1 N–H and O–H groups in total. The SMILES string of the molecule is Cn1cnn(CN2CCC[C@H](CO)C2)c1=S. The molecule has 1 aliphatic heterocycles. The number of hydrogen-bond donors (Lipinski definition) is 1. The number of likely N-dealkylation sites (tertiary alicyclic amines) is 1. The van der Waals surface area contributed by atoms with Crippen LogP contribution in [0.3, 0.4) is 0 Å². The molecule has 90 valence electrons. The van der Waals surface area contributed by atoms with Crippen LogP contribution < -0.4 is 0 Å². The third kappa shape index (κ3) is 2.50. The van der Waals surface area contributed by atoms with Gasteiger partial charge in [0.05, 0.1) is 6.67 Å². The fourth-order valence-electron chi connectivity index (χ4n) is 2.14. The largest absolute Gasteiger partial charge is 0.396 e. The summed E-state index contributed by atoms with van der Waals surface area (Å²) >= 11 is 5.24. The van der Waals surface area contributed by atoms with Gasteiger partial charge in [0, 0.05) is 20.2 Å². The summed E-state index contributed by atoms with van der Waals surface area (Å²) < 4.78 is 4.41. The normalized spacial score (nSPS) is 22.5. The van der Waals surface area contributed by atoms with Crippen molar-refractivity contribution in [2.24, 2.45) is 13.0 Å². The number of hydrogen-bond acceptors (Lipinski definition) is 4. The number of piperidine rings is 1. The maximum Gasteiger partial charge on any atom is 0.198 e. The molecule has 1 aliphatic rings. The maximum absolute atomic E-state index is 9.16. The number of nitrogens with zero attached hydrogens (tertiary/aromatic N) is 4. The van der Waals surface area contributed by atoms with Crippen LogP contribution in [-0.2, 0) is 13.7 Å². The van der Waals surface area contributed by atoms with E-state index in [4.69, 9.17) is 17.3 Å². The fraction of sp³-hybridized carbons (Fsp3) is 0.800. The van der Waals surface area contributed by atoms with E-state index in [1.807, 2.05) is 16.3 Å². The van der Waals surface area contributed by atoms with Crippen LogP contribution in [0.1, 0.15) is 12.8 Å². The Hall–Kier alpha value is -0.720. The molecule has 5 nitrogen and oxygen atoms in total. The predicted molar refractivity (Wildman–Crippen MR) is 63.4 cm³/mol. The third-order valence-electron chi connectivity index (χ3n) is 3.08. The zero-order valence-corrected chi connectivity index (χ0v) is 10.4. The van der Waals surface area contributed by atoms with Crippen LogP contribution in [0, 0.1) is 10.7 Å². The highest BCUT2D eigenvalue weighted by Gasteiger charge is 2.19. The number of aliphatic hydroxyl groups excluding tert-OH is 1. The molecule has 2 rings (SSSR count). The number of aliphatic hydroxyl groups is 1. The first-order valence-electron chi connectivity index (χ1n) is 5.62. The molecule has 1 aromatic heterocycles. The summed E-state index contributed by atoms with van der Waals surface area (Å²) in [4.78, 5) is 2.30. The van der Waals surface area contributed by atoms with Crippen LogP contribution in [0.4, 0.5) is 0 Å². The molecular weight excluding hydrogens is 224 g/mol. The maximum atomic E-state index is 9.16. The molecule has 1 atom stereocenters. The van der Waals surface area contributed by atoms with Crippen molar-refractivity contribution < 1.29 is 5.11 Å². The van der Waals surface area contributed by atoms with Crippen LogP contribution in [0.5, 0.6) is 0 Å². The van der Waals surface area contributed by atoms with Crippen molar-refractivity contribution >= 4 is 12.2 Å². The lowest BCUT2D eigenvalue weighted by atomic mass is 10.00. The number of aryl methyl sites for hydroxylation is 1. The standard InChI is InChI=1S/C10H18N4OS/c1-12-7-11-14(10(12)16)8-13-4-2-3-9(5-13)6-15/h7,9,15H,2-6,8H2,1H3/t9-/m0/s1. The molecule has 0 saturated carbocycles. The minimum atomic E-state index is 0.282. The fourth-order valence-corrected chi connectivity index (χ4v) is 2.29. The number of rotatable bonds is 3. The van der Waals surface area contributed by atoms with Crippen molar-refractivity contribution in [3.8, 4) is 0 Å². The predicted octanol–water partition coefficient (Wildman–Crippen LogP) is 0.613. The van der Waals surface area contributed by atoms with Crippen molar-refractivity contribution in [3.05, 3.63) is 11.1 Å². The van der Waals surface area contributed by atoms with E-state index >= 15 is 0 Å². The molecule has 1 aromatic rings. The van der Waals surface area contributed by atoms with E-state index in [1.165, 1.54) is 0 Å². The van der Waals surface area contributed by atoms with Gasteiger partial charge in [0.15, 0.2) is 4.77 Å². The second kappa shape index (κ2) is 5.07. The van der Waals surface area contributed by atoms with E-state index in [2.05, 4.69) is 10.00 Å². The minimum absolute atomic E-state index is 0.282. The number of aromatic nitrogens is 3. The lowest BCUT2D eigenvalue weighted by Crippen LogP contribution is -2.38. The van der Waals surface area contributed by atoms with E-state index < -0.39 is 0 Å². The second-order valence-electron chi connectivity index (χ2n) is 4.43. The average Bonchev–Trinajstić information content (AvgIpc) is 2.61. The monoisotopic (exact) mass is 242 g/mol. The van der Waals surface area contributed by atoms with Crippen molar-refractivity contribution in [2.45, 2.75) is 19.5 Å². The minimum Gasteiger partial charge on any atom is -0.396 e. The molecule has 0 aromatic carbocycles. The Morgan fingerprint density at radius 3 is 3.06 bits per heavy atom. The van der Waals surface area contributed by atoms with Gasteiger partial charge in [0.25, 0.3) is 0 Å². The topological polar surface area (TPSA) is 46.2 Å². The molecule has 2 heterocycles. The first kappa shape index (κ1) is 11.8. The summed E-state index contributed by atoms with van der Waals surface area (Å²) in [7, 11) is 1.90. The highest BCUT2D eigenvalue weighted by atomic mass is 32.1. The van der Waals surface area contributed by atoms with Gasteiger partial charge in [-0.2, -0.15) is 5.10 Å². The van der Waals surface area contributed by atoms with Gasteiger partial charge >= 0.3 is 0 Å². The molecule has 0 amide bonds. The van der Waals surface area contributed by atoms with Crippen LogP contribution in [0.25, 0.3) is 0 Å². The smallest absolute Gasteiger partial charge is 0.198 e. The van der Waals surface area contributed by atoms with Gasteiger partial charge < -0.3 is 9.67 Å². The molecule has 1 fully saturated rings. The summed E-state index contributed by atoms with van der Waals surface area (Å²) in [6.45, 7) is 3.02. The summed E-state index contributed by atoms with van der Waals surface area (Å²) in [5.41, 5.74) is 0. The van der Waals surface area contributed by atoms with Crippen LogP contribution in [0.2, 0.25) is 0 Å². The summed E-state index contributed by atoms with van der Waals surface area (Å²) in [6, 6.07) is 0. The molecule has 6 heteroatoms. The van der Waals surface area contributed by atoms with Crippen LogP contribution in [-0.4, -0.2) is 44.1 Å². The summed E-state index contributed by atoms with van der Waals surface area (Å²) in [5, 5.41) is 13.4. The van der Waals surface area contributed by atoms with Gasteiger partial charge in [-0.15, -0.1) is 0 Å². The third-order valence-corrected chi connectivity index (χ3v) is 3.58. The van der Waals surface area contributed by atoms with Gasteiger partial charge in [-0.25, -0.2) is 4.68 Å². The molecule has 0 spiro atoms. The Bertz CT molecular complexity index is 400. The Morgan fingerprint density at radius 1 is 1.62 bits per heavy atom. The average molecular weight is 242 g/mol. The van der Waals surface area contributed by atoms with Crippen LogP contribution >= 0.6 is 12.2 Å². The molecule has 0 bridgehead atoms. The quantitative estimate of drug-likeness (QED) is 0.789.